The second-order valence-electron chi connectivity index (χ2n) is 5.07. The quantitative estimate of drug-likeness (QED) is 0.367. The Hall–Kier alpha value is -0.650. The van der Waals surface area contributed by atoms with E-state index in [2.05, 4.69) is 17.2 Å². The maximum atomic E-state index is 11.1. The van der Waals surface area contributed by atoms with Crippen molar-refractivity contribution in [2.24, 2.45) is 11.8 Å². The number of carbonyl (C=O) groups is 1. The van der Waals surface area contributed by atoms with Crippen molar-refractivity contribution in [3.63, 3.8) is 0 Å². The summed E-state index contributed by atoms with van der Waals surface area (Å²) >= 11 is 0. The summed E-state index contributed by atoms with van der Waals surface area (Å²) in [6.45, 7) is 6.05. The van der Waals surface area contributed by atoms with Gasteiger partial charge in [-0.05, 0) is 52.1 Å². The molecule has 0 aliphatic carbocycles. The Morgan fingerprint density at radius 1 is 1.47 bits per heavy atom. The second kappa shape index (κ2) is 6.93. The van der Waals surface area contributed by atoms with Gasteiger partial charge in [0.15, 0.2) is 0 Å². The van der Waals surface area contributed by atoms with Crippen LogP contribution in [0.1, 0.15) is 39.5 Å². The molecule has 1 aliphatic heterocycles. The number of carbonyl (C=O) groups excluding carboxylic acids is 1. The summed E-state index contributed by atoms with van der Waals surface area (Å²) < 4.78 is 0. The molecule has 1 rings (SSSR count). The van der Waals surface area contributed by atoms with Crippen molar-refractivity contribution in [1.29, 1.82) is 0 Å². The molecule has 0 aromatic rings. The lowest BCUT2D eigenvalue weighted by molar-refractivity contribution is -0.121. The minimum atomic E-state index is -0.199. The summed E-state index contributed by atoms with van der Waals surface area (Å²) in [4.78, 5) is 13.4. The van der Waals surface area contributed by atoms with Crippen LogP contribution in [0.2, 0.25) is 0 Å². The molecule has 0 aromatic carbocycles. The van der Waals surface area contributed by atoms with Gasteiger partial charge in [-0.2, -0.15) is 0 Å². The summed E-state index contributed by atoms with van der Waals surface area (Å²) in [5.41, 5.74) is 2.15. The highest BCUT2D eigenvalue weighted by Gasteiger charge is 2.25. The summed E-state index contributed by atoms with van der Waals surface area (Å²) in [5, 5.41) is 9.52. The van der Waals surface area contributed by atoms with Crippen LogP contribution in [-0.2, 0) is 4.79 Å². The van der Waals surface area contributed by atoms with Crippen molar-refractivity contribution in [2.75, 3.05) is 13.1 Å². The van der Waals surface area contributed by atoms with Gasteiger partial charge in [0, 0.05) is 12.5 Å². The first-order chi connectivity index (χ1) is 8.04. The van der Waals surface area contributed by atoms with Gasteiger partial charge in [-0.3, -0.25) is 10.2 Å². The second-order valence-corrected chi connectivity index (χ2v) is 5.07. The average molecular weight is 243 g/mol. The Labute approximate surface area is 103 Å². The Morgan fingerprint density at radius 2 is 2.06 bits per heavy atom. The molecule has 100 valence electrons. The van der Waals surface area contributed by atoms with Crippen LogP contribution in [0.5, 0.6) is 0 Å². The third-order valence-electron chi connectivity index (χ3n) is 3.83. The van der Waals surface area contributed by atoms with Crippen LogP contribution in [0.15, 0.2) is 0 Å². The lowest BCUT2D eigenvalue weighted by Crippen LogP contribution is -2.42. The van der Waals surface area contributed by atoms with Crippen molar-refractivity contribution < 1.29 is 9.90 Å². The highest BCUT2D eigenvalue weighted by atomic mass is 16.3. The molecule has 0 bridgehead atoms. The van der Waals surface area contributed by atoms with E-state index < -0.39 is 0 Å². The largest absolute Gasteiger partial charge is 0.393 e. The fourth-order valence-electron chi connectivity index (χ4n) is 2.44. The van der Waals surface area contributed by atoms with Crippen molar-refractivity contribution in [3.05, 3.63) is 0 Å². The first kappa shape index (κ1) is 14.4. The number of hydrogen-bond acceptors (Lipinski definition) is 4. The first-order valence-corrected chi connectivity index (χ1v) is 6.46. The molecule has 0 saturated carbocycles. The number of piperidine rings is 1. The fraction of sp³-hybridized carbons (Fsp3) is 0.917. The molecule has 0 radical (unpaired) electrons. The number of nitrogens with two attached hydrogens (primary N) is 1. The zero-order valence-corrected chi connectivity index (χ0v) is 10.9. The van der Waals surface area contributed by atoms with Crippen molar-refractivity contribution in [2.45, 2.75) is 51.7 Å². The summed E-state index contributed by atoms with van der Waals surface area (Å²) in [5.74, 6) is 5.38. The van der Waals surface area contributed by atoms with Crippen LogP contribution in [0, 0.1) is 5.92 Å². The van der Waals surface area contributed by atoms with E-state index in [4.69, 9.17) is 5.84 Å². The molecule has 1 amide bonds. The van der Waals surface area contributed by atoms with Crippen molar-refractivity contribution in [3.8, 4) is 0 Å². The normalized spacial score (nSPS) is 22.1. The van der Waals surface area contributed by atoms with E-state index in [1.165, 1.54) is 0 Å². The van der Waals surface area contributed by atoms with E-state index in [0.717, 1.165) is 32.4 Å². The Balaban J connectivity index is 2.26. The molecule has 5 nitrogen and oxygen atoms in total. The Bertz CT molecular complexity index is 238. The zero-order valence-electron chi connectivity index (χ0n) is 10.9. The predicted molar refractivity (Wildman–Crippen MR) is 67.0 cm³/mol. The predicted octanol–water partition coefficient (Wildman–Crippen LogP) is 0.238. The number of likely N-dealkylation sites (tertiary alicyclic amines) is 1. The molecule has 1 saturated heterocycles. The zero-order chi connectivity index (χ0) is 12.8. The number of hydrogen-bond donors (Lipinski definition) is 3. The van der Waals surface area contributed by atoms with E-state index in [0.29, 0.717) is 18.4 Å². The van der Waals surface area contributed by atoms with Gasteiger partial charge in [0.2, 0.25) is 5.91 Å². The van der Waals surface area contributed by atoms with Crippen LogP contribution in [0.3, 0.4) is 0 Å². The van der Waals surface area contributed by atoms with Gasteiger partial charge in [-0.25, -0.2) is 5.84 Å². The molecular weight excluding hydrogens is 218 g/mol. The standard InChI is InChI=1S/C12H25N3O2/c1-9(3-4-12(17)14-13)15-7-5-11(6-8-15)10(2)16/h9-11,16H,3-8,13H2,1-2H3,(H,14,17). The number of nitrogens with one attached hydrogen (secondary N) is 1. The molecule has 5 heteroatoms. The minimum Gasteiger partial charge on any atom is -0.393 e. The number of nitrogens with zero attached hydrogens (tertiary/aromatic N) is 1. The van der Waals surface area contributed by atoms with Gasteiger partial charge in [0.05, 0.1) is 6.10 Å². The maximum Gasteiger partial charge on any atom is 0.233 e. The monoisotopic (exact) mass is 243 g/mol. The first-order valence-electron chi connectivity index (χ1n) is 6.46. The van der Waals surface area contributed by atoms with Crippen molar-refractivity contribution in [1.82, 2.24) is 10.3 Å². The van der Waals surface area contributed by atoms with E-state index in [9.17, 15) is 9.90 Å². The van der Waals surface area contributed by atoms with Gasteiger partial charge < -0.3 is 10.0 Å². The molecule has 2 unspecified atom stereocenters. The molecular formula is C12H25N3O2. The molecule has 0 spiro atoms. The third kappa shape index (κ3) is 4.61. The number of aliphatic hydroxyl groups excluding tert-OH is 1. The molecule has 4 N–H and O–H groups in total. The maximum absolute atomic E-state index is 11.1. The number of hydrazine groups is 1. The SMILES string of the molecule is CC(O)C1CCN(C(C)CCC(=O)NN)CC1. The molecule has 1 heterocycles. The lowest BCUT2D eigenvalue weighted by atomic mass is 9.91. The van der Waals surface area contributed by atoms with Crippen LogP contribution >= 0.6 is 0 Å². The molecule has 0 aromatic heterocycles. The van der Waals surface area contributed by atoms with E-state index in [-0.39, 0.29) is 12.0 Å². The van der Waals surface area contributed by atoms with Gasteiger partial charge in [0.25, 0.3) is 0 Å². The molecule has 17 heavy (non-hydrogen) atoms. The topological polar surface area (TPSA) is 78.6 Å². The van der Waals surface area contributed by atoms with Crippen LogP contribution in [0.25, 0.3) is 0 Å². The molecule has 1 aliphatic rings. The summed E-state index contributed by atoms with van der Waals surface area (Å²) in [6.07, 6.45) is 3.21. The van der Waals surface area contributed by atoms with E-state index in [1.807, 2.05) is 6.92 Å². The van der Waals surface area contributed by atoms with Crippen LogP contribution < -0.4 is 11.3 Å². The third-order valence-corrected chi connectivity index (χ3v) is 3.83. The summed E-state index contributed by atoms with van der Waals surface area (Å²) in [7, 11) is 0. The highest BCUT2D eigenvalue weighted by Crippen LogP contribution is 2.22. The van der Waals surface area contributed by atoms with Crippen LogP contribution in [-0.4, -0.2) is 41.1 Å². The molecule has 2 atom stereocenters. The lowest BCUT2D eigenvalue weighted by Gasteiger charge is -2.37. The van der Waals surface area contributed by atoms with Gasteiger partial charge in [0.1, 0.15) is 0 Å². The molecule has 1 fully saturated rings. The number of aliphatic hydroxyl groups is 1. The fourth-order valence-corrected chi connectivity index (χ4v) is 2.44. The van der Waals surface area contributed by atoms with E-state index >= 15 is 0 Å². The van der Waals surface area contributed by atoms with Gasteiger partial charge in [-0.15, -0.1) is 0 Å². The van der Waals surface area contributed by atoms with Gasteiger partial charge in [-0.1, -0.05) is 0 Å². The Morgan fingerprint density at radius 3 is 2.53 bits per heavy atom. The Kier molecular flexibility index (Phi) is 5.88. The average Bonchev–Trinajstić information content (AvgIpc) is 2.35. The van der Waals surface area contributed by atoms with Crippen LogP contribution in [0.4, 0.5) is 0 Å². The smallest absolute Gasteiger partial charge is 0.233 e. The summed E-state index contributed by atoms with van der Waals surface area (Å²) in [6, 6.07) is 0.405. The van der Waals surface area contributed by atoms with E-state index in [1.54, 1.807) is 0 Å². The highest BCUT2D eigenvalue weighted by molar-refractivity contribution is 5.75. The van der Waals surface area contributed by atoms with Crippen molar-refractivity contribution >= 4 is 5.91 Å². The minimum absolute atomic E-state index is 0.101. The number of rotatable bonds is 5. The number of amides is 1. The van der Waals surface area contributed by atoms with Gasteiger partial charge >= 0.3 is 0 Å².